The largest absolute Gasteiger partial charge is 0.497 e. The van der Waals surface area contributed by atoms with E-state index in [4.69, 9.17) is 26.6 Å². The van der Waals surface area contributed by atoms with Gasteiger partial charge in [-0.3, -0.25) is 4.99 Å². The molecule has 0 fully saturated rings. The van der Waals surface area contributed by atoms with E-state index in [9.17, 15) is 0 Å². The van der Waals surface area contributed by atoms with Crippen molar-refractivity contribution in [1.29, 1.82) is 0 Å². The Morgan fingerprint density at radius 3 is 2.92 bits per heavy atom. The number of anilines is 1. The number of nitrogens with one attached hydrogen (secondary N) is 1. The van der Waals surface area contributed by atoms with Crippen molar-refractivity contribution in [3.63, 3.8) is 0 Å². The first kappa shape index (κ1) is 17.8. The highest BCUT2D eigenvalue weighted by Crippen LogP contribution is 2.20. The summed E-state index contributed by atoms with van der Waals surface area (Å²) < 4.78 is 10.4. The molecule has 0 amide bonds. The predicted octanol–water partition coefficient (Wildman–Crippen LogP) is 3.37. The fourth-order valence-electron chi connectivity index (χ4n) is 2.26. The third kappa shape index (κ3) is 4.73. The van der Waals surface area contributed by atoms with Gasteiger partial charge in [-0.15, -0.1) is 0 Å². The lowest BCUT2D eigenvalue weighted by molar-refractivity contribution is 0.380. The molecule has 0 bridgehead atoms. The van der Waals surface area contributed by atoms with Crippen molar-refractivity contribution in [2.45, 2.75) is 6.42 Å². The molecule has 0 saturated heterocycles. The molecule has 0 spiro atoms. The molecule has 0 radical (unpaired) electrons. The number of hydrogen-bond donors (Lipinski definition) is 2. The summed E-state index contributed by atoms with van der Waals surface area (Å²) in [7, 11) is 1.61. The SMILES string of the molecule is COc1cccc(NC(N)=NCCc2nc(-c3cccc(Cl)c3)no2)c1. The molecule has 3 aromatic rings. The topological polar surface area (TPSA) is 98.6 Å². The third-order valence-electron chi connectivity index (χ3n) is 3.50. The summed E-state index contributed by atoms with van der Waals surface area (Å²) in [6.45, 7) is 0.417. The summed E-state index contributed by atoms with van der Waals surface area (Å²) in [5.41, 5.74) is 7.49. The molecule has 7 nitrogen and oxygen atoms in total. The minimum absolute atomic E-state index is 0.299. The number of hydrogen-bond acceptors (Lipinski definition) is 5. The second kappa shape index (κ2) is 8.35. The summed E-state index contributed by atoms with van der Waals surface area (Å²) >= 11 is 5.97. The molecule has 0 atom stereocenters. The highest BCUT2D eigenvalue weighted by Gasteiger charge is 2.08. The molecule has 0 aliphatic carbocycles. The molecule has 0 aliphatic heterocycles. The zero-order chi connectivity index (χ0) is 18.4. The molecule has 3 rings (SSSR count). The van der Waals surface area contributed by atoms with Crippen LogP contribution in [0.2, 0.25) is 5.02 Å². The minimum Gasteiger partial charge on any atom is -0.497 e. The summed E-state index contributed by atoms with van der Waals surface area (Å²) in [5, 5.41) is 7.58. The van der Waals surface area contributed by atoms with Gasteiger partial charge in [-0.05, 0) is 24.3 Å². The van der Waals surface area contributed by atoms with Crippen LogP contribution >= 0.6 is 11.6 Å². The number of ether oxygens (including phenoxy) is 1. The number of aromatic nitrogens is 2. The first-order valence-electron chi connectivity index (χ1n) is 7.93. The molecule has 3 N–H and O–H groups in total. The Bertz CT molecular complexity index is 910. The van der Waals surface area contributed by atoms with Crippen molar-refractivity contribution < 1.29 is 9.26 Å². The van der Waals surface area contributed by atoms with Gasteiger partial charge in [0, 0.05) is 28.8 Å². The molecule has 1 aromatic heterocycles. The number of nitrogens with two attached hydrogens (primary N) is 1. The maximum atomic E-state index is 5.97. The molecule has 26 heavy (non-hydrogen) atoms. The number of aliphatic imine (C=N–C) groups is 1. The van der Waals surface area contributed by atoms with Crippen LogP contribution in [0.5, 0.6) is 5.75 Å². The molecule has 0 unspecified atom stereocenters. The van der Waals surface area contributed by atoms with Gasteiger partial charge in [0.05, 0.1) is 13.7 Å². The zero-order valence-electron chi connectivity index (χ0n) is 14.1. The van der Waals surface area contributed by atoms with E-state index in [1.807, 2.05) is 36.4 Å². The van der Waals surface area contributed by atoms with Crippen molar-refractivity contribution >= 4 is 23.2 Å². The van der Waals surface area contributed by atoms with E-state index in [1.54, 1.807) is 19.2 Å². The zero-order valence-corrected chi connectivity index (χ0v) is 14.9. The van der Waals surface area contributed by atoms with Gasteiger partial charge in [0.2, 0.25) is 11.7 Å². The fourth-order valence-corrected chi connectivity index (χ4v) is 2.45. The minimum atomic E-state index is 0.299. The van der Waals surface area contributed by atoms with Gasteiger partial charge in [-0.25, -0.2) is 0 Å². The number of rotatable bonds is 6. The number of guanidine groups is 1. The molecular weight excluding hydrogens is 354 g/mol. The Morgan fingerprint density at radius 1 is 1.27 bits per heavy atom. The van der Waals surface area contributed by atoms with E-state index in [1.165, 1.54) is 0 Å². The van der Waals surface area contributed by atoms with Crippen LogP contribution in [0.1, 0.15) is 5.89 Å². The van der Waals surface area contributed by atoms with Gasteiger partial charge in [-0.1, -0.05) is 35.0 Å². The fraction of sp³-hybridized carbons (Fsp3) is 0.167. The van der Waals surface area contributed by atoms with Gasteiger partial charge in [0.15, 0.2) is 5.96 Å². The normalized spacial score (nSPS) is 11.4. The molecule has 0 aliphatic rings. The van der Waals surface area contributed by atoms with Crippen molar-refractivity contribution in [1.82, 2.24) is 10.1 Å². The number of benzene rings is 2. The Kier molecular flexibility index (Phi) is 5.70. The lowest BCUT2D eigenvalue weighted by Crippen LogP contribution is -2.23. The lowest BCUT2D eigenvalue weighted by Gasteiger charge is -2.06. The van der Waals surface area contributed by atoms with Crippen LogP contribution in [0.15, 0.2) is 58.0 Å². The van der Waals surface area contributed by atoms with Crippen LogP contribution in [-0.2, 0) is 6.42 Å². The van der Waals surface area contributed by atoms with E-state index in [-0.39, 0.29) is 0 Å². The van der Waals surface area contributed by atoms with E-state index < -0.39 is 0 Å². The molecule has 2 aromatic carbocycles. The van der Waals surface area contributed by atoms with E-state index >= 15 is 0 Å². The predicted molar refractivity (Wildman–Crippen MR) is 102 cm³/mol. The van der Waals surface area contributed by atoms with Gasteiger partial charge >= 0.3 is 0 Å². The van der Waals surface area contributed by atoms with Crippen molar-refractivity contribution in [3.05, 3.63) is 59.4 Å². The smallest absolute Gasteiger partial charge is 0.228 e. The summed E-state index contributed by atoms with van der Waals surface area (Å²) in [4.78, 5) is 8.60. The Balaban J connectivity index is 1.56. The van der Waals surface area contributed by atoms with Gasteiger partial charge < -0.3 is 20.3 Å². The van der Waals surface area contributed by atoms with Crippen molar-refractivity contribution in [2.75, 3.05) is 19.0 Å². The van der Waals surface area contributed by atoms with Crippen LogP contribution in [0, 0.1) is 0 Å². The standard InChI is InChI=1S/C18H18ClN5O2/c1-25-15-7-3-6-14(11-15)22-18(20)21-9-8-16-23-17(24-26-16)12-4-2-5-13(19)10-12/h2-7,10-11H,8-9H2,1H3,(H3,20,21,22). The van der Waals surface area contributed by atoms with Crippen LogP contribution < -0.4 is 15.8 Å². The number of methoxy groups -OCH3 is 1. The third-order valence-corrected chi connectivity index (χ3v) is 3.74. The average molecular weight is 372 g/mol. The van der Waals surface area contributed by atoms with Gasteiger partial charge in [0.1, 0.15) is 5.75 Å². The van der Waals surface area contributed by atoms with Crippen LogP contribution in [0.3, 0.4) is 0 Å². The molecule has 8 heteroatoms. The number of halogens is 1. The maximum absolute atomic E-state index is 5.97. The maximum Gasteiger partial charge on any atom is 0.228 e. The lowest BCUT2D eigenvalue weighted by atomic mass is 10.2. The Morgan fingerprint density at radius 2 is 2.12 bits per heavy atom. The average Bonchev–Trinajstić information content (AvgIpc) is 3.11. The highest BCUT2D eigenvalue weighted by atomic mass is 35.5. The van der Waals surface area contributed by atoms with Crippen LogP contribution in [0.25, 0.3) is 11.4 Å². The Labute approximate surface area is 155 Å². The quantitative estimate of drug-likeness (QED) is 0.509. The summed E-state index contributed by atoms with van der Waals surface area (Å²) in [5.74, 6) is 2.02. The first-order chi connectivity index (χ1) is 12.6. The second-order valence-corrected chi connectivity index (χ2v) is 5.83. The monoisotopic (exact) mass is 371 g/mol. The number of nitrogens with zero attached hydrogens (tertiary/aromatic N) is 3. The molecule has 0 saturated carbocycles. The van der Waals surface area contributed by atoms with Crippen LogP contribution in [0.4, 0.5) is 5.69 Å². The molecule has 1 heterocycles. The molecule has 134 valence electrons. The first-order valence-corrected chi connectivity index (χ1v) is 8.31. The van der Waals surface area contributed by atoms with E-state index in [2.05, 4.69) is 20.4 Å². The Hall–Kier alpha value is -3.06. The summed E-state index contributed by atoms with van der Waals surface area (Å²) in [6.07, 6.45) is 0.480. The van der Waals surface area contributed by atoms with Crippen LogP contribution in [-0.4, -0.2) is 29.8 Å². The molecular formula is C18H18ClN5O2. The second-order valence-electron chi connectivity index (χ2n) is 5.40. The van der Waals surface area contributed by atoms with Gasteiger partial charge in [-0.2, -0.15) is 4.98 Å². The van der Waals surface area contributed by atoms with Crippen molar-refractivity contribution in [3.8, 4) is 17.1 Å². The van der Waals surface area contributed by atoms with Gasteiger partial charge in [0.25, 0.3) is 0 Å². The van der Waals surface area contributed by atoms with E-state index in [0.29, 0.717) is 35.7 Å². The van der Waals surface area contributed by atoms with E-state index in [0.717, 1.165) is 17.0 Å². The highest BCUT2D eigenvalue weighted by molar-refractivity contribution is 6.30. The van der Waals surface area contributed by atoms with Crippen molar-refractivity contribution in [2.24, 2.45) is 10.7 Å². The summed E-state index contributed by atoms with van der Waals surface area (Å²) in [6, 6.07) is 14.7.